The lowest BCUT2D eigenvalue weighted by molar-refractivity contribution is -0.122. The van der Waals surface area contributed by atoms with Crippen LogP contribution in [0.15, 0.2) is 48.5 Å². The maximum Gasteiger partial charge on any atom is 0.407 e. The zero-order chi connectivity index (χ0) is 23.0. The minimum absolute atomic E-state index is 0.0718. The van der Waals surface area contributed by atoms with Gasteiger partial charge in [0.15, 0.2) is 0 Å². The number of ether oxygens (including phenoxy) is 1. The van der Waals surface area contributed by atoms with Crippen LogP contribution in [0.25, 0.3) is 0 Å². The molecule has 0 aliphatic carbocycles. The molecule has 0 radical (unpaired) electrons. The van der Waals surface area contributed by atoms with E-state index in [0.717, 1.165) is 48.2 Å². The van der Waals surface area contributed by atoms with Crippen molar-refractivity contribution >= 4 is 23.4 Å². The molecule has 2 aromatic carbocycles. The van der Waals surface area contributed by atoms with E-state index in [1.165, 1.54) is 0 Å². The van der Waals surface area contributed by atoms with Crippen molar-refractivity contribution in [2.75, 3.05) is 18.4 Å². The summed E-state index contributed by atoms with van der Waals surface area (Å²) in [5, 5.41) is 9.39. The van der Waals surface area contributed by atoms with Gasteiger partial charge < -0.3 is 20.7 Å². The first-order valence-electron chi connectivity index (χ1n) is 11.5. The summed E-state index contributed by atoms with van der Waals surface area (Å²) in [6.07, 6.45) is 4.12. The van der Waals surface area contributed by atoms with Gasteiger partial charge in [0.25, 0.3) is 0 Å². The van der Waals surface area contributed by atoms with Crippen molar-refractivity contribution in [3.05, 3.63) is 59.7 Å². The summed E-state index contributed by atoms with van der Waals surface area (Å²) >= 11 is 0. The number of benzene rings is 2. The number of unbranched alkanes of at least 4 members (excludes halogenated alkanes) is 3. The van der Waals surface area contributed by atoms with Crippen LogP contribution >= 0.6 is 0 Å². The average molecular weight is 438 g/mol. The van der Waals surface area contributed by atoms with Gasteiger partial charge in [-0.2, -0.15) is 0 Å². The van der Waals surface area contributed by atoms with Crippen LogP contribution in [0.5, 0.6) is 0 Å². The van der Waals surface area contributed by atoms with Gasteiger partial charge in [-0.15, -0.1) is 0 Å². The maximum atomic E-state index is 13.0. The summed E-state index contributed by atoms with van der Waals surface area (Å²) in [5.41, 5.74) is 3.78. The monoisotopic (exact) mass is 437 g/mol. The Labute approximate surface area is 191 Å². The largest absolute Gasteiger partial charge is 0.444 e. The van der Waals surface area contributed by atoms with E-state index in [9.17, 15) is 9.59 Å². The van der Waals surface area contributed by atoms with Gasteiger partial charge >= 0.3 is 6.09 Å². The predicted octanol–water partition coefficient (Wildman–Crippen LogP) is 5.27. The number of fused-ring (bicyclic) bond motifs is 2. The van der Waals surface area contributed by atoms with Crippen molar-refractivity contribution in [1.29, 1.82) is 0 Å². The van der Waals surface area contributed by atoms with Crippen LogP contribution in [0.1, 0.15) is 63.5 Å². The molecule has 1 atom stereocenters. The maximum absolute atomic E-state index is 13.0. The summed E-state index contributed by atoms with van der Waals surface area (Å²) < 4.78 is 5.22. The molecule has 2 amide bonds. The highest BCUT2D eigenvalue weighted by Crippen LogP contribution is 2.36. The van der Waals surface area contributed by atoms with Crippen LogP contribution in [-0.2, 0) is 16.0 Å². The lowest BCUT2D eigenvalue weighted by Gasteiger charge is -2.19. The van der Waals surface area contributed by atoms with Gasteiger partial charge in [0.05, 0.1) is 5.92 Å². The summed E-state index contributed by atoms with van der Waals surface area (Å²) in [5.74, 6) is -0.136. The predicted molar refractivity (Wildman–Crippen MR) is 128 cm³/mol. The normalized spacial score (nSPS) is 14.9. The minimum Gasteiger partial charge on any atom is -0.444 e. The highest BCUT2D eigenvalue weighted by atomic mass is 16.6. The fourth-order valence-corrected chi connectivity index (χ4v) is 3.89. The summed E-state index contributed by atoms with van der Waals surface area (Å²) in [6.45, 7) is 6.82. The molecular weight excluding hydrogens is 402 g/mol. The zero-order valence-corrected chi connectivity index (χ0v) is 19.4. The van der Waals surface area contributed by atoms with E-state index < -0.39 is 5.60 Å². The number of amides is 2. The first kappa shape index (κ1) is 23.6. The van der Waals surface area contributed by atoms with Gasteiger partial charge in [0, 0.05) is 24.5 Å². The van der Waals surface area contributed by atoms with E-state index in [2.05, 4.69) is 28.1 Å². The van der Waals surface area contributed by atoms with E-state index in [4.69, 9.17) is 4.74 Å². The number of hydrogen-bond acceptors (Lipinski definition) is 4. The molecule has 0 bridgehead atoms. The van der Waals surface area contributed by atoms with Gasteiger partial charge in [-0.25, -0.2) is 4.79 Å². The average Bonchev–Trinajstić information content (AvgIpc) is 2.91. The molecule has 6 nitrogen and oxygen atoms in total. The SMILES string of the molecule is CC(C)(C)OC(=O)NCCCCCCNC(=O)C1Cc2ccccc2Nc2ccccc21. The molecule has 0 spiro atoms. The highest BCUT2D eigenvalue weighted by Gasteiger charge is 2.27. The quantitative estimate of drug-likeness (QED) is 0.492. The van der Waals surface area contributed by atoms with E-state index in [1.807, 2.05) is 57.2 Å². The Morgan fingerprint density at radius 1 is 0.906 bits per heavy atom. The Hall–Kier alpha value is -3.02. The Bertz CT molecular complexity index is 921. The Kier molecular flexibility index (Phi) is 8.14. The Balaban J connectivity index is 1.41. The second kappa shape index (κ2) is 11.0. The van der Waals surface area contributed by atoms with Crippen molar-refractivity contribution in [2.24, 2.45) is 0 Å². The molecule has 1 heterocycles. The van der Waals surface area contributed by atoms with E-state index in [1.54, 1.807) is 0 Å². The van der Waals surface area contributed by atoms with Crippen molar-refractivity contribution in [3.8, 4) is 0 Å². The first-order chi connectivity index (χ1) is 15.3. The molecule has 0 saturated carbocycles. The molecule has 6 heteroatoms. The summed E-state index contributed by atoms with van der Waals surface area (Å²) in [4.78, 5) is 24.7. The van der Waals surface area contributed by atoms with Crippen LogP contribution in [0.3, 0.4) is 0 Å². The number of anilines is 2. The van der Waals surface area contributed by atoms with Crippen LogP contribution in [0.4, 0.5) is 16.2 Å². The van der Waals surface area contributed by atoms with E-state index in [0.29, 0.717) is 19.5 Å². The van der Waals surface area contributed by atoms with Crippen molar-refractivity contribution in [3.63, 3.8) is 0 Å². The fraction of sp³-hybridized carbons (Fsp3) is 0.462. The van der Waals surface area contributed by atoms with Crippen LogP contribution in [0, 0.1) is 0 Å². The number of carbonyl (C=O) groups is 2. The number of para-hydroxylation sites is 2. The third-order valence-electron chi connectivity index (χ3n) is 5.43. The fourth-order valence-electron chi connectivity index (χ4n) is 3.89. The molecule has 0 aromatic heterocycles. The van der Waals surface area contributed by atoms with Gasteiger partial charge in [0.1, 0.15) is 5.60 Å². The number of carbonyl (C=O) groups excluding carboxylic acids is 2. The molecule has 0 saturated heterocycles. The topological polar surface area (TPSA) is 79.5 Å². The van der Waals surface area contributed by atoms with Gasteiger partial charge in [-0.05, 0) is 63.3 Å². The minimum atomic E-state index is -0.474. The zero-order valence-electron chi connectivity index (χ0n) is 19.4. The molecule has 3 rings (SSSR count). The molecule has 3 N–H and O–H groups in total. The molecule has 1 aliphatic heterocycles. The van der Waals surface area contributed by atoms with Crippen LogP contribution < -0.4 is 16.0 Å². The molecule has 32 heavy (non-hydrogen) atoms. The summed E-state index contributed by atoms with van der Waals surface area (Å²) in [7, 11) is 0. The third-order valence-corrected chi connectivity index (χ3v) is 5.43. The second-order valence-electron chi connectivity index (χ2n) is 9.26. The molecule has 0 fully saturated rings. The summed E-state index contributed by atoms with van der Waals surface area (Å²) in [6, 6.07) is 16.2. The first-order valence-corrected chi connectivity index (χ1v) is 11.5. The number of nitrogens with one attached hydrogen (secondary N) is 3. The molecule has 1 aliphatic rings. The Morgan fingerprint density at radius 2 is 1.53 bits per heavy atom. The number of alkyl carbamates (subject to hydrolysis) is 1. The number of rotatable bonds is 8. The van der Waals surface area contributed by atoms with Crippen LogP contribution in [-0.4, -0.2) is 30.7 Å². The second-order valence-corrected chi connectivity index (χ2v) is 9.26. The molecular formula is C26H35N3O3. The lowest BCUT2D eigenvalue weighted by atomic mass is 9.91. The van der Waals surface area contributed by atoms with Gasteiger partial charge in [-0.3, -0.25) is 4.79 Å². The molecule has 2 aromatic rings. The van der Waals surface area contributed by atoms with Gasteiger partial charge in [0.2, 0.25) is 5.91 Å². The van der Waals surface area contributed by atoms with Gasteiger partial charge in [-0.1, -0.05) is 49.2 Å². The number of hydrogen-bond donors (Lipinski definition) is 3. The van der Waals surface area contributed by atoms with E-state index >= 15 is 0 Å². The van der Waals surface area contributed by atoms with Crippen LogP contribution in [0.2, 0.25) is 0 Å². The van der Waals surface area contributed by atoms with Crippen molar-refractivity contribution < 1.29 is 14.3 Å². The standard InChI is InChI=1S/C26H35N3O3/c1-26(2,3)32-25(31)28-17-11-5-4-10-16-27-24(30)21-18-19-12-6-8-14-22(19)29-23-15-9-7-13-20(21)23/h6-9,12-15,21,29H,4-5,10-11,16-18H2,1-3H3,(H,27,30)(H,28,31). The third kappa shape index (κ3) is 7.01. The smallest absolute Gasteiger partial charge is 0.407 e. The van der Waals surface area contributed by atoms with E-state index in [-0.39, 0.29) is 17.9 Å². The molecule has 172 valence electrons. The van der Waals surface area contributed by atoms with Crippen molar-refractivity contribution in [1.82, 2.24) is 10.6 Å². The highest BCUT2D eigenvalue weighted by molar-refractivity contribution is 5.88. The van der Waals surface area contributed by atoms with Crippen molar-refractivity contribution in [2.45, 2.75) is 64.4 Å². The molecule has 1 unspecified atom stereocenters. The lowest BCUT2D eigenvalue weighted by Crippen LogP contribution is -2.33. The Morgan fingerprint density at radius 3 is 2.25 bits per heavy atom.